The van der Waals surface area contributed by atoms with E-state index in [1.165, 1.54) is 12.8 Å². The van der Waals surface area contributed by atoms with Crippen LogP contribution in [0.4, 0.5) is 4.39 Å². The predicted molar refractivity (Wildman–Crippen MR) is 80.8 cm³/mol. The van der Waals surface area contributed by atoms with Crippen LogP contribution in [0.3, 0.4) is 0 Å². The van der Waals surface area contributed by atoms with Crippen molar-refractivity contribution in [2.24, 2.45) is 5.92 Å². The van der Waals surface area contributed by atoms with Crippen LogP contribution in [0.5, 0.6) is 0 Å². The van der Waals surface area contributed by atoms with Crippen LogP contribution < -0.4 is 5.32 Å². The van der Waals surface area contributed by atoms with Crippen molar-refractivity contribution in [3.05, 3.63) is 35.1 Å². The molecule has 1 unspecified atom stereocenters. The lowest BCUT2D eigenvalue weighted by atomic mass is 10.1. The Morgan fingerprint density at radius 3 is 2.81 bits per heavy atom. The molecule has 2 fully saturated rings. The van der Waals surface area contributed by atoms with Crippen molar-refractivity contribution >= 4 is 5.91 Å². The number of benzene rings is 1. The molecule has 1 saturated carbocycles. The third kappa shape index (κ3) is 3.43. The molecule has 2 aliphatic rings. The lowest BCUT2D eigenvalue weighted by Crippen LogP contribution is -2.42. The van der Waals surface area contributed by atoms with Crippen LogP contribution in [0.15, 0.2) is 18.2 Å². The Labute approximate surface area is 125 Å². The number of nitrogens with zero attached hydrogens (tertiary/aromatic N) is 1. The molecule has 21 heavy (non-hydrogen) atoms. The Balaban J connectivity index is 1.76. The molecule has 4 heteroatoms. The van der Waals surface area contributed by atoms with Crippen molar-refractivity contribution in [3.8, 4) is 0 Å². The number of hydrogen-bond donors (Lipinski definition) is 1. The maximum absolute atomic E-state index is 14.2. The fourth-order valence-corrected chi connectivity index (χ4v) is 3.01. The highest BCUT2D eigenvalue weighted by atomic mass is 19.1. The monoisotopic (exact) mass is 290 g/mol. The quantitative estimate of drug-likeness (QED) is 0.904. The van der Waals surface area contributed by atoms with E-state index in [0.29, 0.717) is 24.1 Å². The van der Waals surface area contributed by atoms with Crippen LogP contribution in [0.25, 0.3) is 0 Å². The molecule has 1 amide bonds. The van der Waals surface area contributed by atoms with Crippen molar-refractivity contribution in [1.29, 1.82) is 0 Å². The number of amides is 1. The molecule has 1 saturated heterocycles. The zero-order chi connectivity index (χ0) is 14.8. The highest BCUT2D eigenvalue weighted by Crippen LogP contribution is 2.30. The average Bonchev–Trinajstić information content (AvgIpc) is 3.14. The van der Waals surface area contributed by atoms with Crippen molar-refractivity contribution in [2.45, 2.75) is 38.6 Å². The minimum atomic E-state index is -0.373. The van der Waals surface area contributed by atoms with Crippen LogP contribution in [-0.2, 0) is 0 Å². The highest BCUT2D eigenvalue weighted by Gasteiger charge is 2.30. The average molecular weight is 290 g/mol. The van der Waals surface area contributed by atoms with E-state index < -0.39 is 0 Å². The first-order valence-corrected chi connectivity index (χ1v) is 7.93. The van der Waals surface area contributed by atoms with Gasteiger partial charge in [-0.1, -0.05) is 12.1 Å². The first kappa shape index (κ1) is 14.5. The van der Waals surface area contributed by atoms with E-state index in [-0.39, 0.29) is 17.3 Å². The molecule has 1 aliphatic heterocycles. The number of hydrogen-bond acceptors (Lipinski definition) is 2. The fraction of sp³-hybridized carbons (Fsp3) is 0.588. The standard InChI is InChI=1S/C17H23FN2O/c1-12-4-2-6-15(16(12)18)17(21)20(10-13-7-8-13)11-14-5-3-9-19-14/h2,4,6,13-14,19H,3,5,7-11H2,1H3. The Morgan fingerprint density at radius 1 is 1.33 bits per heavy atom. The fourth-order valence-electron chi connectivity index (χ4n) is 3.01. The normalized spacial score (nSPS) is 21.5. The van der Waals surface area contributed by atoms with Gasteiger partial charge in [0.15, 0.2) is 0 Å². The third-order valence-corrected chi connectivity index (χ3v) is 4.49. The van der Waals surface area contributed by atoms with E-state index in [4.69, 9.17) is 0 Å². The van der Waals surface area contributed by atoms with Gasteiger partial charge in [0.2, 0.25) is 0 Å². The topological polar surface area (TPSA) is 32.3 Å². The van der Waals surface area contributed by atoms with Gasteiger partial charge in [0.05, 0.1) is 5.56 Å². The highest BCUT2D eigenvalue weighted by molar-refractivity contribution is 5.94. The van der Waals surface area contributed by atoms with Crippen LogP contribution in [0, 0.1) is 18.7 Å². The Hall–Kier alpha value is -1.42. The number of carbonyl (C=O) groups excluding carboxylic acids is 1. The smallest absolute Gasteiger partial charge is 0.256 e. The largest absolute Gasteiger partial charge is 0.337 e. The first-order valence-electron chi connectivity index (χ1n) is 7.93. The summed E-state index contributed by atoms with van der Waals surface area (Å²) in [6.45, 7) is 4.19. The zero-order valence-electron chi connectivity index (χ0n) is 12.6. The Kier molecular flexibility index (Phi) is 4.24. The summed E-state index contributed by atoms with van der Waals surface area (Å²) in [5, 5.41) is 3.43. The van der Waals surface area contributed by atoms with Gasteiger partial charge in [-0.3, -0.25) is 4.79 Å². The summed E-state index contributed by atoms with van der Waals surface area (Å²) in [5.41, 5.74) is 0.750. The summed E-state index contributed by atoms with van der Waals surface area (Å²) in [6, 6.07) is 5.43. The van der Waals surface area contributed by atoms with E-state index in [0.717, 1.165) is 25.9 Å². The van der Waals surface area contributed by atoms with E-state index >= 15 is 0 Å². The minimum absolute atomic E-state index is 0.156. The molecule has 3 rings (SSSR count). The molecule has 1 atom stereocenters. The number of nitrogens with one attached hydrogen (secondary N) is 1. The molecule has 0 radical (unpaired) electrons. The zero-order valence-corrected chi connectivity index (χ0v) is 12.6. The second kappa shape index (κ2) is 6.14. The van der Waals surface area contributed by atoms with Crippen molar-refractivity contribution in [2.75, 3.05) is 19.6 Å². The van der Waals surface area contributed by atoms with Gasteiger partial charge in [0, 0.05) is 19.1 Å². The van der Waals surface area contributed by atoms with Gasteiger partial charge in [-0.15, -0.1) is 0 Å². The SMILES string of the molecule is Cc1cccc(C(=O)N(CC2CC2)CC2CCCN2)c1F. The number of halogens is 1. The summed E-state index contributed by atoms with van der Waals surface area (Å²) in [4.78, 5) is 14.6. The molecule has 0 bridgehead atoms. The van der Waals surface area contributed by atoms with Crippen molar-refractivity contribution in [1.82, 2.24) is 10.2 Å². The molecule has 1 aliphatic carbocycles. The van der Waals surface area contributed by atoms with Crippen LogP contribution >= 0.6 is 0 Å². The van der Waals surface area contributed by atoms with E-state index in [1.54, 1.807) is 25.1 Å². The molecule has 1 aromatic rings. The molecule has 1 aromatic carbocycles. The predicted octanol–water partition coefficient (Wildman–Crippen LogP) is 2.74. The molecule has 3 nitrogen and oxygen atoms in total. The lowest BCUT2D eigenvalue weighted by Gasteiger charge is -2.26. The molecule has 114 valence electrons. The van der Waals surface area contributed by atoms with Crippen LogP contribution in [-0.4, -0.2) is 36.5 Å². The molecule has 0 aromatic heterocycles. The van der Waals surface area contributed by atoms with Crippen molar-refractivity contribution in [3.63, 3.8) is 0 Å². The minimum Gasteiger partial charge on any atom is -0.337 e. The maximum atomic E-state index is 14.2. The molecule has 0 spiro atoms. The summed E-state index contributed by atoms with van der Waals surface area (Å²) in [5.74, 6) is 0.0858. The maximum Gasteiger partial charge on any atom is 0.256 e. The summed E-state index contributed by atoms with van der Waals surface area (Å²) in [7, 11) is 0. The summed E-state index contributed by atoms with van der Waals surface area (Å²) < 4.78 is 14.2. The summed E-state index contributed by atoms with van der Waals surface area (Å²) >= 11 is 0. The van der Waals surface area contributed by atoms with Gasteiger partial charge in [0.25, 0.3) is 5.91 Å². The molecular formula is C17H23FN2O. The van der Waals surface area contributed by atoms with Crippen molar-refractivity contribution < 1.29 is 9.18 Å². The third-order valence-electron chi connectivity index (χ3n) is 4.49. The van der Waals surface area contributed by atoms with Gasteiger partial charge in [-0.05, 0) is 56.7 Å². The van der Waals surface area contributed by atoms with Gasteiger partial charge < -0.3 is 10.2 Å². The second-order valence-corrected chi connectivity index (χ2v) is 6.38. The van der Waals surface area contributed by atoms with Crippen LogP contribution in [0.1, 0.15) is 41.6 Å². The van der Waals surface area contributed by atoms with Gasteiger partial charge in [-0.2, -0.15) is 0 Å². The lowest BCUT2D eigenvalue weighted by molar-refractivity contribution is 0.0728. The van der Waals surface area contributed by atoms with E-state index in [1.807, 2.05) is 4.90 Å². The number of aryl methyl sites for hydroxylation is 1. The van der Waals surface area contributed by atoms with E-state index in [2.05, 4.69) is 5.32 Å². The second-order valence-electron chi connectivity index (χ2n) is 6.38. The number of carbonyl (C=O) groups is 1. The van der Waals surface area contributed by atoms with E-state index in [9.17, 15) is 9.18 Å². The van der Waals surface area contributed by atoms with Crippen LogP contribution in [0.2, 0.25) is 0 Å². The molecule has 1 heterocycles. The first-order chi connectivity index (χ1) is 10.1. The van der Waals surface area contributed by atoms with Gasteiger partial charge >= 0.3 is 0 Å². The molecular weight excluding hydrogens is 267 g/mol. The number of rotatable bonds is 5. The summed E-state index contributed by atoms with van der Waals surface area (Å²) in [6.07, 6.45) is 4.65. The van der Waals surface area contributed by atoms with Gasteiger partial charge in [-0.25, -0.2) is 4.39 Å². The Bertz CT molecular complexity index is 522. The Morgan fingerprint density at radius 2 is 2.14 bits per heavy atom. The van der Waals surface area contributed by atoms with Gasteiger partial charge in [0.1, 0.15) is 5.82 Å². The molecule has 1 N–H and O–H groups in total.